The van der Waals surface area contributed by atoms with Crippen LogP contribution in [0.2, 0.25) is 0 Å². The van der Waals surface area contributed by atoms with E-state index in [2.05, 4.69) is 0 Å². The first-order valence-electron chi connectivity index (χ1n) is 6.36. The molecule has 0 bridgehead atoms. The lowest BCUT2D eigenvalue weighted by atomic mass is 10.00. The number of hydrogen-bond donors (Lipinski definition) is 0. The minimum absolute atomic E-state index is 0.114. The summed E-state index contributed by atoms with van der Waals surface area (Å²) in [5.41, 5.74) is 0.129. The van der Waals surface area contributed by atoms with Gasteiger partial charge in [-0.2, -0.15) is 0 Å². The molecule has 1 unspecified atom stereocenters. The van der Waals surface area contributed by atoms with Crippen molar-refractivity contribution in [3.05, 3.63) is 35.6 Å². The number of nitrogens with zero attached hydrogens (tertiary/aromatic N) is 1. The van der Waals surface area contributed by atoms with E-state index in [0.29, 0.717) is 5.56 Å². The summed E-state index contributed by atoms with van der Waals surface area (Å²) in [6.07, 6.45) is 0.873. The number of rotatable bonds is 3. The van der Waals surface area contributed by atoms with Crippen molar-refractivity contribution in [3.63, 3.8) is 0 Å². The third-order valence-corrected chi connectivity index (χ3v) is 3.04. The Hall–Kier alpha value is -1.38. The highest BCUT2D eigenvalue weighted by atomic mass is 19.1. The molecule has 0 N–H and O–H groups in total. The standard InChI is InChI=1S/C15H22FNO/c1-6-11(2)17(15(3,4)5)14(18)12-8-7-9-13(16)10-12/h7-11H,6H2,1-5H3. The van der Waals surface area contributed by atoms with Gasteiger partial charge < -0.3 is 4.90 Å². The fraction of sp³-hybridized carbons (Fsp3) is 0.533. The van der Waals surface area contributed by atoms with Crippen molar-refractivity contribution >= 4 is 5.91 Å². The quantitative estimate of drug-likeness (QED) is 0.798. The fourth-order valence-electron chi connectivity index (χ4n) is 2.11. The molecule has 0 aliphatic heterocycles. The SMILES string of the molecule is CCC(C)N(C(=O)c1cccc(F)c1)C(C)(C)C. The smallest absolute Gasteiger partial charge is 0.254 e. The summed E-state index contributed by atoms with van der Waals surface area (Å²) in [5, 5.41) is 0. The van der Waals surface area contributed by atoms with Crippen LogP contribution in [0.25, 0.3) is 0 Å². The van der Waals surface area contributed by atoms with Gasteiger partial charge in [0.05, 0.1) is 0 Å². The summed E-state index contributed by atoms with van der Waals surface area (Å²) in [6.45, 7) is 10.0. The Kier molecular flexibility index (Phi) is 4.49. The molecule has 0 spiro atoms. The fourth-order valence-corrected chi connectivity index (χ4v) is 2.11. The molecule has 0 aliphatic rings. The molecule has 0 aromatic heterocycles. The lowest BCUT2D eigenvalue weighted by Gasteiger charge is -2.40. The average molecular weight is 251 g/mol. The largest absolute Gasteiger partial charge is 0.331 e. The molecule has 0 saturated heterocycles. The number of carbonyl (C=O) groups is 1. The van der Waals surface area contributed by atoms with Crippen LogP contribution in [-0.4, -0.2) is 22.4 Å². The van der Waals surface area contributed by atoms with E-state index >= 15 is 0 Å². The Morgan fingerprint density at radius 2 is 2.00 bits per heavy atom. The van der Waals surface area contributed by atoms with Crippen LogP contribution in [0.3, 0.4) is 0 Å². The summed E-state index contributed by atoms with van der Waals surface area (Å²) in [7, 11) is 0. The number of hydrogen-bond acceptors (Lipinski definition) is 1. The summed E-state index contributed by atoms with van der Waals surface area (Å²) < 4.78 is 13.2. The molecule has 18 heavy (non-hydrogen) atoms. The average Bonchev–Trinajstić information content (AvgIpc) is 2.27. The van der Waals surface area contributed by atoms with Gasteiger partial charge in [0.2, 0.25) is 0 Å². The van der Waals surface area contributed by atoms with E-state index in [1.807, 2.05) is 39.5 Å². The molecule has 100 valence electrons. The van der Waals surface area contributed by atoms with Crippen molar-refractivity contribution in [3.8, 4) is 0 Å². The Balaban J connectivity index is 3.11. The zero-order valence-electron chi connectivity index (χ0n) is 11.8. The maximum Gasteiger partial charge on any atom is 0.254 e. The van der Waals surface area contributed by atoms with Crippen LogP contribution < -0.4 is 0 Å². The predicted octanol–water partition coefficient (Wildman–Crippen LogP) is 3.86. The minimum Gasteiger partial charge on any atom is -0.331 e. The van der Waals surface area contributed by atoms with E-state index in [9.17, 15) is 9.18 Å². The van der Waals surface area contributed by atoms with Crippen LogP contribution in [-0.2, 0) is 0 Å². The topological polar surface area (TPSA) is 20.3 Å². The molecular weight excluding hydrogens is 229 g/mol. The molecule has 0 aliphatic carbocycles. The van der Waals surface area contributed by atoms with Crippen molar-refractivity contribution in [2.45, 2.75) is 52.6 Å². The third-order valence-electron chi connectivity index (χ3n) is 3.04. The van der Waals surface area contributed by atoms with Gasteiger partial charge in [0, 0.05) is 17.1 Å². The van der Waals surface area contributed by atoms with E-state index in [4.69, 9.17) is 0 Å². The zero-order valence-corrected chi connectivity index (χ0v) is 11.8. The van der Waals surface area contributed by atoms with Gasteiger partial charge in [-0.1, -0.05) is 13.0 Å². The van der Waals surface area contributed by atoms with Crippen LogP contribution in [0, 0.1) is 5.82 Å². The number of carbonyl (C=O) groups excluding carboxylic acids is 1. The Bertz CT molecular complexity index is 423. The molecular formula is C15H22FNO. The third kappa shape index (κ3) is 3.31. The van der Waals surface area contributed by atoms with E-state index in [1.54, 1.807) is 12.1 Å². The normalized spacial score (nSPS) is 13.2. The number of halogens is 1. The second-order valence-corrected chi connectivity index (χ2v) is 5.61. The molecule has 1 rings (SSSR count). The monoisotopic (exact) mass is 251 g/mol. The second kappa shape index (κ2) is 5.51. The zero-order chi connectivity index (χ0) is 13.9. The highest BCUT2D eigenvalue weighted by Crippen LogP contribution is 2.22. The van der Waals surface area contributed by atoms with Crippen molar-refractivity contribution in [2.24, 2.45) is 0 Å². The first-order chi connectivity index (χ1) is 8.27. The van der Waals surface area contributed by atoms with Crippen molar-refractivity contribution in [2.75, 3.05) is 0 Å². The molecule has 1 amide bonds. The molecule has 0 heterocycles. The van der Waals surface area contributed by atoms with Crippen LogP contribution >= 0.6 is 0 Å². The van der Waals surface area contributed by atoms with Gasteiger partial charge in [-0.3, -0.25) is 4.79 Å². The Morgan fingerprint density at radius 1 is 1.39 bits per heavy atom. The minimum atomic E-state index is -0.376. The highest BCUT2D eigenvalue weighted by molar-refractivity contribution is 5.94. The van der Waals surface area contributed by atoms with E-state index in [1.165, 1.54) is 12.1 Å². The first-order valence-corrected chi connectivity index (χ1v) is 6.36. The molecule has 0 fully saturated rings. The molecule has 1 aromatic carbocycles. The summed E-state index contributed by atoms with van der Waals surface area (Å²) in [6, 6.07) is 6.00. The van der Waals surface area contributed by atoms with Crippen LogP contribution in [0.1, 0.15) is 51.4 Å². The van der Waals surface area contributed by atoms with Crippen LogP contribution in [0.15, 0.2) is 24.3 Å². The van der Waals surface area contributed by atoms with E-state index < -0.39 is 0 Å². The summed E-state index contributed by atoms with van der Waals surface area (Å²) >= 11 is 0. The van der Waals surface area contributed by atoms with Gasteiger partial charge >= 0.3 is 0 Å². The maximum atomic E-state index is 13.2. The lowest BCUT2D eigenvalue weighted by Crippen LogP contribution is -2.50. The van der Waals surface area contributed by atoms with Crippen molar-refractivity contribution in [1.82, 2.24) is 4.90 Å². The molecule has 2 nitrogen and oxygen atoms in total. The molecule has 1 atom stereocenters. The highest BCUT2D eigenvalue weighted by Gasteiger charge is 2.30. The molecule has 1 aromatic rings. The van der Waals surface area contributed by atoms with Gasteiger partial charge in [-0.15, -0.1) is 0 Å². The summed E-state index contributed by atoms with van der Waals surface area (Å²) in [5.74, 6) is -0.491. The summed E-state index contributed by atoms with van der Waals surface area (Å²) in [4.78, 5) is 14.3. The van der Waals surface area contributed by atoms with E-state index in [-0.39, 0.29) is 23.3 Å². The van der Waals surface area contributed by atoms with Gasteiger partial charge in [-0.05, 0) is 52.3 Å². The van der Waals surface area contributed by atoms with Gasteiger partial charge in [0.1, 0.15) is 5.82 Å². The van der Waals surface area contributed by atoms with Crippen molar-refractivity contribution < 1.29 is 9.18 Å². The van der Waals surface area contributed by atoms with Crippen molar-refractivity contribution in [1.29, 1.82) is 0 Å². The molecule has 3 heteroatoms. The number of amides is 1. The Morgan fingerprint density at radius 3 is 2.44 bits per heavy atom. The van der Waals surface area contributed by atoms with Gasteiger partial charge in [0.25, 0.3) is 5.91 Å². The number of benzene rings is 1. The lowest BCUT2D eigenvalue weighted by molar-refractivity contribution is 0.0457. The van der Waals surface area contributed by atoms with Gasteiger partial charge in [-0.25, -0.2) is 4.39 Å². The van der Waals surface area contributed by atoms with Crippen LogP contribution in [0.5, 0.6) is 0 Å². The van der Waals surface area contributed by atoms with E-state index in [0.717, 1.165) is 6.42 Å². The van der Waals surface area contributed by atoms with Crippen LogP contribution in [0.4, 0.5) is 4.39 Å². The molecule has 0 radical (unpaired) electrons. The second-order valence-electron chi connectivity index (χ2n) is 5.61. The first kappa shape index (κ1) is 14.7. The molecule has 0 saturated carbocycles. The Labute approximate surface area is 109 Å². The maximum absolute atomic E-state index is 13.2. The van der Waals surface area contributed by atoms with Gasteiger partial charge in [0.15, 0.2) is 0 Å². The predicted molar refractivity (Wildman–Crippen MR) is 72.1 cm³/mol.